The summed E-state index contributed by atoms with van der Waals surface area (Å²) in [4.78, 5) is 18.8. The molecule has 6 nitrogen and oxygen atoms in total. The second-order valence-corrected chi connectivity index (χ2v) is 6.06. The van der Waals surface area contributed by atoms with E-state index in [-0.39, 0.29) is 42.2 Å². The predicted octanol–water partition coefficient (Wildman–Crippen LogP) is 2.42. The third kappa shape index (κ3) is 7.45. The summed E-state index contributed by atoms with van der Waals surface area (Å²) < 4.78 is 13.1. The lowest BCUT2D eigenvalue weighted by molar-refractivity contribution is -0.114. The van der Waals surface area contributed by atoms with E-state index in [1.807, 2.05) is 6.92 Å². The van der Waals surface area contributed by atoms with Gasteiger partial charge in [-0.05, 0) is 51.1 Å². The number of halogens is 2. The molecule has 3 N–H and O–H groups in total. The van der Waals surface area contributed by atoms with Crippen molar-refractivity contribution in [2.24, 2.45) is 4.99 Å². The van der Waals surface area contributed by atoms with Gasteiger partial charge in [0.25, 0.3) is 0 Å². The maximum Gasteiger partial charge on any atom is 0.246 e. The van der Waals surface area contributed by atoms with Crippen molar-refractivity contribution in [2.75, 3.05) is 38.0 Å². The van der Waals surface area contributed by atoms with Crippen molar-refractivity contribution in [2.45, 2.75) is 32.7 Å². The van der Waals surface area contributed by atoms with Crippen molar-refractivity contribution < 1.29 is 9.18 Å². The van der Waals surface area contributed by atoms with Crippen LogP contribution in [0.5, 0.6) is 0 Å². The van der Waals surface area contributed by atoms with Gasteiger partial charge in [0.05, 0.1) is 0 Å². The molecular formula is C18H29FIN5O. The van der Waals surface area contributed by atoms with E-state index >= 15 is 0 Å². The number of guanidine groups is 1. The Bertz CT molecular complexity index is 599. The Hall–Kier alpha value is -1.42. The summed E-state index contributed by atoms with van der Waals surface area (Å²) in [5.41, 5.74) is 0.433. The number of carbonyl (C=O) groups excluding carboxylic acids is 1. The molecule has 0 radical (unpaired) electrons. The number of likely N-dealkylation sites (tertiary alicyclic amines) is 1. The minimum absolute atomic E-state index is 0. The molecule has 1 fully saturated rings. The van der Waals surface area contributed by atoms with Crippen LogP contribution >= 0.6 is 24.0 Å². The predicted molar refractivity (Wildman–Crippen MR) is 115 cm³/mol. The van der Waals surface area contributed by atoms with Crippen molar-refractivity contribution in [3.63, 3.8) is 0 Å². The molecule has 1 atom stereocenters. The highest BCUT2D eigenvalue weighted by molar-refractivity contribution is 14.0. The largest absolute Gasteiger partial charge is 0.357 e. The first-order valence-corrected chi connectivity index (χ1v) is 8.94. The quantitative estimate of drug-likeness (QED) is 0.321. The van der Waals surface area contributed by atoms with Crippen LogP contribution < -0.4 is 16.0 Å². The number of benzene rings is 1. The fourth-order valence-corrected chi connectivity index (χ4v) is 3.02. The van der Waals surface area contributed by atoms with Gasteiger partial charge in [-0.2, -0.15) is 0 Å². The molecule has 146 valence electrons. The molecule has 26 heavy (non-hydrogen) atoms. The highest BCUT2D eigenvalue weighted by Gasteiger charge is 2.22. The molecule has 0 aromatic heterocycles. The lowest BCUT2D eigenvalue weighted by Gasteiger charge is -2.23. The smallest absolute Gasteiger partial charge is 0.246 e. The van der Waals surface area contributed by atoms with Gasteiger partial charge < -0.3 is 16.0 Å². The monoisotopic (exact) mass is 477 g/mol. The summed E-state index contributed by atoms with van der Waals surface area (Å²) in [6, 6.07) is 6.33. The van der Waals surface area contributed by atoms with Crippen LogP contribution in [0, 0.1) is 5.82 Å². The number of anilines is 1. The van der Waals surface area contributed by atoms with Gasteiger partial charge in [-0.3, -0.25) is 9.69 Å². The number of aliphatic imine (C=N–C) groups is 1. The molecule has 1 aromatic rings. The van der Waals surface area contributed by atoms with E-state index in [9.17, 15) is 9.18 Å². The molecule has 0 spiro atoms. The van der Waals surface area contributed by atoms with Gasteiger partial charge in [0.15, 0.2) is 5.96 Å². The number of carbonyl (C=O) groups is 1. The van der Waals surface area contributed by atoms with Gasteiger partial charge in [0.1, 0.15) is 12.4 Å². The molecule has 1 aliphatic rings. The van der Waals surface area contributed by atoms with Gasteiger partial charge in [-0.1, -0.05) is 13.0 Å². The summed E-state index contributed by atoms with van der Waals surface area (Å²) in [5.74, 6) is -0.0351. The maximum atomic E-state index is 13.1. The molecule has 1 heterocycles. The van der Waals surface area contributed by atoms with Gasteiger partial charge in [-0.15, -0.1) is 24.0 Å². The second kappa shape index (κ2) is 12.1. The number of hydrogen-bond acceptors (Lipinski definition) is 3. The van der Waals surface area contributed by atoms with E-state index in [0.29, 0.717) is 17.7 Å². The molecule has 0 bridgehead atoms. The molecule has 1 aliphatic heterocycles. The lowest BCUT2D eigenvalue weighted by atomic mass is 10.2. The van der Waals surface area contributed by atoms with E-state index in [0.717, 1.165) is 26.2 Å². The molecule has 0 aliphatic carbocycles. The van der Waals surface area contributed by atoms with Crippen LogP contribution in [0.2, 0.25) is 0 Å². The Kier molecular flexibility index (Phi) is 10.5. The molecular weight excluding hydrogens is 448 g/mol. The summed E-state index contributed by atoms with van der Waals surface area (Å²) in [6.07, 6.45) is 2.41. The normalized spacial score (nSPS) is 17.5. The number of rotatable bonds is 7. The van der Waals surface area contributed by atoms with Gasteiger partial charge in [0, 0.05) is 24.8 Å². The molecule has 1 unspecified atom stereocenters. The van der Waals surface area contributed by atoms with E-state index in [1.165, 1.54) is 25.0 Å². The Morgan fingerprint density at radius 3 is 2.85 bits per heavy atom. The highest BCUT2D eigenvalue weighted by Crippen LogP contribution is 2.15. The van der Waals surface area contributed by atoms with Crippen molar-refractivity contribution >= 4 is 41.5 Å². The molecule has 8 heteroatoms. The standard InChI is InChI=1S/C18H28FN5O.HI/c1-3-20-18(21-12-16-9-6-10-24(16)4-2)22-13-17(25)23-15-8-5-7-14(19)11-15;/h5,7-8,11,16H,3-4,6,9-10,12-13H2,1-2H3,(H,23,25)(H2,20,21,22);1H. The second-order valence-electron chi connectivity index (χ2n) is 6.06. The van der Waals surface area contributed by atoms with E-state index in [1.54, 1.807) is 12.1 Å². The number of nitrogens with zero attached hydrogens (tertiary/aromatic N) is 2. The van der Waals surface area contributed by atoms with Crippen LogP contribution in [-0.2, 0) is 4.79 Å². The van der Waals surface area contributed by atoms with Crippen LogP contribution in [0.3, 0.4) is 0 Å². The summed E-state index contributed by atoms with van der Waals surface area (Å²) >= 11 is 0. The Balaban J connectivity index is 0.00000338. The van der Waals surface area contributed by atoms with E-state index < -0.39 is 0 Å². The lowest BCUT2D eigenvalue weighted by Crippen LogP contribution is -2.45. The molecule has 0 saturated carbocycles. The van der Waals surface area contributed by atoms with Crippen LogP contribution in [0.1, 0.15) is 26.7 Å². The van der Waals surface area contributed by atoms with E-state index in [4.69, 9.17) is 0 Å². The topological polar surface area (TPSA) is 68.8 Å². The van der Waals surface area contributed by atoms with Crippen molar-refractivity contribution in [3.05, 3.63) is 30.1 Å². The fourth-order valence-electron chi connectivity index (χ4n) is 3.02. The van der Waals surface area contributed by atoms with Crippen LogP contribution in [0.15, 0.2) is 29.3 Å². The van der Waals surface area contributed by atoms with Crippen molar-refractivity contribution in [1.82, 2.24) is 15.5 Å². The number of nitrogens with one attached hydrogen (secondary N) is 3. The minimum atomic E-state index is -0.381. The van der Waals surface area contributed by atoms with Crippen molar-refractivity contribution in [3.8, 4) is 0 Å². The first-order valence-electron chi connectivity index (χ1n) is 8.94. The van der Waals surface area contributed by atoms with E-state index in [2.05, 4.69) is 32.8 Å². The highest BCUT2D eigenvalue weighted by atomic mass is 127. The van der Waals surface area contributed by atoms with Crippen LogP contribution in [0.25, 0.3) is 0 Å². The summed E-state index contributed by atoms with van der Waals surface area (Å²) in [7, 11) is 0. The molecule has 2 rings (SSSR count). The SMILES string of the molecule is CCNC(=NCC(=O)Nc1cccc(F)c1)NCC1CCCN1CC.I. The summed E-state index contributed by atoms with van der Waals surface area (Å²) in [6.45, 7) is 7.87. The van der Waals surface area contributed by atoms with Crippen molar-refractivity contribution in [1.29, 1.82) is 0 Å². The molecule has 1 saturated heterocycles. The van der Waals surface area contributed by atoms with Gasteiger partial charge in [-0.25, -0.2) is 9.38 Å². The zero-order chi connectivity index (χ0) is 18.1. The summed E-state index contributed by atoms with van der Waals surface area (Å²) in [5, 5.41) is 9.10. The number of amides is 1. The first-order chi connectivity index (χ1) is 12.1. The molecule has 1 aromatic carbocycles. The average Bonchev–Trinajstić information content (AvgIpc) is 3.05. The Morgan fingerprint density at radius 2 is 2.15 bits per heavy atom. The molecule has 1 amide bonds. The average molecular weight is 477 g/mol. The Morgan fingerprint density at radius 1 is 1.35 bits per heavy atom. The fraction of sp³-hybridized carbons (Fsp3) is 0.556. The third-order valence-electron chi connectivity index (χ3n) is 4.24. The number of likely N-dealkylation sites (N-methyl/N-ethyl adjacent to an activating group) is 1. The third-order valence-corrected chi connectivity index (χ3v) is 4.24. The van der Waals surface area contributed by atoms with Crippen LogP contribution in [-0.4, -0.2) is 55.5 Å². The maximum absolute atomic E-state index is 13.1. The van der Waals surface area contributed by atoms with Gasteiger partial charge in [0.2, 0.25) is 5.91 Å². The number of hydrogen-bond donors (Lipinski definition) is 3. The Labute approximate surface area is 172 Å². The zero-order valence-corrected chi connectivity index (χ0v) is 17.8. The van der Waals surface area contributed by atoms with Gasteiger partial charge >= 0.3 is 0 Å². The zero-order valence-electron chi connectivity index (χ0n) is 15.4. The minimum Gasteiger partial charge on any atom is -0.357 e. The van der Waals surface area contributed by atoms with Crippen LogP contribution in [0.4, 0.5) is 10.1 Å². The first kappa shape index (κ1) is 22.6.